The molecule has 1 unspecified atom stereocenters. The van der Waals surface area contributed by atoms with Crippen molar-refractivity contribution in [3.63, 3.8) is 0 Å². The average molecular weight is 341 g/mol. The van der Waals surface area contributed by atoms with Gasteiger partial charge in [-0.3, -0.25) is 9.59 Å². The number of ether oxygens (including phenoxy) is 1. The van der Waals surface area contributed by atoms with Crippen LogP contribution >= 0.6 is 15.9 Å². The Kier molecular flexibility index (Phi) is 4.77. The van der Waals surface area contributed by atoms with Crippen LogP contribution in [0.3, 0.4) is 0 Å². The fraction of sp³-hybridized carbons (Fsp3) is 0.429. The highest BCUT2D eigenvalue weighted by molar-refractivity contribution is 9.10. The molecule has 2 rings (SSSR count). The van der Waals surface area contributed by atoms with Crippen LogP contribution in [-0.4, -0.2) is 49.6 Å². The molecule has 0 bridgehead atoms. The summed E-state index contributed by atoms with van der Waals surface area (Å²) in [6.07, 6.45) is 0. The topological polar surface area (TPSA) is 58.6 Å². The summed E-state index contributed by atoms with van der Waals surface area (Å²) in [5, 5.41) is 2.57. The molecule has 108 valence electrons. The molecule has 1 fully saturated rings. The van der Waals surface area contributed by atoms with Gasteiger partial charge in [0.15, 0.2) is 0 Å². The lowest BCUT2D eigenvalue weighted by molar-refractivity contribution is -0.130. The van der Waals surface area contributed by atoms with Gasteiger partial charge in [-0.15, -0.1) is 0 Å². The Morgan fingerprint density at radius 3 is 2.90 bits per heavy atom. The van der Waals surface area contributed by atoms with Crippen molar-refractivity contribution in [1.29, 1.82) is 0 Å². The minimum absolute atomic E-state index is 0.138. The second-order valence-electron chi connectivity index (χ2n) is 4.62. The third-order valence-electron chi connectivity index (χ3n) is 3.44. The maximum Gasteiger partial charge on any atom is 0.255 e. The van der Waals surface area contributed by atoms with Crippen LogP contribution in [0, 0.1) is 6.92 Å². The Morgan fingerprint density at radius 1 is 1.45 bits per heavy atom. The van der Waals surface area contributed by atoms with Crippen molar-refractivity contribution < 1.29 is 14.3 Å². The minimum Gasteiger partial charge on any atom is -0.377 e. The molecular formula is C14H17BrN2O3. The number of nitrogens with zero attached hydrogens (tertiary/aromatic N) is 1. The number of benzene rings is 1. The summed E-state index contributed by atoms with van der Waals surface area (Å²) in [6.45, 7) is 2.99. The Balaban J connectivity index is 2.30. The molecular weight excluding hydrogens is 324 g/mol. The van der Waals surface area contributed by atoms with E-state index in [2.05, 4.69) is 21.2 Å². The maximum atomic E-state index is 12.7. The van der Waals surface area contributed by atoms with Gasteiger partial charge in [0.1, 0.15) is 6.04 Å². The van der Waals surface area contributed by atoms with E-state index in [1.807, 2.05) is 19.1 Å². The fourth-order valence-electron chi connectivity index (χ4n) is 2.22. The van der Waals surface area contributed by atoms with Crippen LogP contribution in [0.5, 0.6) is 0 Å². The zero-order valence-corrected chi connectivity index (χ0v) is 13.1. The number of hydrogen-bond donors (Lipinski definition) is 1. The first kappa shape index (κ1) is 15.0. The predicted molar refractivity (Wildman–Crippen MR) is 78.6 cm³/mol. The van der Waals surface area contributed by atoms with Crippen molar-refractivity contribution in [3.8, 4) is 0 Å². The Hall–Kier alpha value is -1.40. The van der Waals surface area contributed by atoms with Crippen molar-refractivity contribution in [3.05, 3.63) is 33.8 Å². The molecule has 6 heteroatoms. The average Bonchev–Trinajstić information content (AvgIpc) is 2.48. The molecule has 0 aliphatic carbocycles. The monoisotopic (exact) mass is 340 g/mol. The molecule has 1 saturated heterocycles. The molecule has 0 saturated carbocycles. The van der Waals surface area contributed by atoms with Gasteiger partial charge in [-0.25, -0.2) is 0 Å². The SMILES string of the molecule is CNC(=O)C1COCCN1C(=O)c1cccc(Br)c1C. The predicted octanol–water partition coefficient (Wildman–Crippen LogP) is 1.34. The number of morpholine rings is 1. The number of nitrogens with one attached hydrogen (secondary N) is 1. The number of carbonyl (C=O) groups is 2. The molecule has 1 aromatic carbocycles. The van der Waals surface area contributed by atoms with Crippen LogP contribution in [0.1, 0.15) is 15.9 Å². The van der Waals surface area contributed by atoms with E-state index in [4.69, 9.17) is 4.74 Å². The highest BCUT2D eigenvalue weighted by Gasteiger charge is 2.33. The van der Waals surface area contributed by atoms with E-state index in [-0.39, 0.29) is 18.4 Å². The van der Waals surface area contributed by atoms with Crippen molar-refractivity contribution in [2.75, 3.05) is 26.8 Å². The van der Waals surface area contributed by atoms with Crippen LogP contribution in [0.25, 0.3) is 0 Å². The molecule has 1 aliphatic rings. The first-order chi connectivity index (χ1) is 9.56. The zero-order valence-electron chi connectivity index (χ0n) is 11.5. The van der Waals surface area contributed by atoms with Gasteiger partial charge in [0.05, 0.1) is 13.2 Å². The number of amides is 2. The van der Waals surface area contributed by atoms with Gasteiger partial charge in [-0.2, -0.15) is 0 Å². The van der Waals surface area contributed by atoms with Gasteiger partial charge in [0.2, 0.25) is 5.91 Å². The first-order valence-electron chi connectivity index (χ1n) is 6.41. The number of hydrogen-bond acceptors (Lipinski definition) is 3. The van der Waals surface area contributed by atoms with Gasteiger partial charge < -0.3 is 15.0 Å². The molecule has 1 aromatic rings. The van der Waals surface area contributed by atoms with E-state index in [1.54, 1.807) is 18.0 Å². The Bertz CT molecular complexity index is 533. The van der Waals surface area contributed by atoms with E-state index in [0.29, 0.717) is 18.7 Å². The van der Waals surface area contributed by atoms with Crippen LogP contribution in [0.2, 0.25) is 0 Å². The lowest BCUT2D eigenvalue weighted by Crippen LogP contribution is -2.55. The molecule has 1 N–H and O–H groups in total. The van der Waals surface area contributed by atoms with Crippen LogP contribution < -0.4 is 5.32 Å². The van der Waals surface area contributed by atoms with Crippen LogP contribution in [-0.2, 0) is 9.53 Å². The smallest absolute Gasteiger partial charge is 0.255 e. The summed E-state index contributed by atoms with van der Waals surface area (Å²) >= 11 is 3.42. The molecule has 20 heavy (non-hydrogen) atoms. The molecule has 2 amide bonds. The first-order valence-corrected chi connectivity index (χ1v) is 7.21. The quantitative estimate of drug-likeness (QED) is 0.883. The van der Waals surface area contributed by atoms with Gasteiger partial charge in [0, 0.05) is 23.6 Å². The van der Waals surface area contributed by atoms with Gasteiger partial charge in [-0.1, -0.05) is 22.0 Å². The number of carbonyl (C=O) groups excluding carboxylic acids is 2. The second-order valence-corrected chi connectivity index (χ2v) is 5.47. The molecule has 0 aromatic heterocycles. The highest BCUT2D eigenvalue weighted by atomic mass is 79.9. The normalized spacial score (nSPS) is 18.8. The van der Waals surface area contributed by atoms with E-state index in [0.717, 1.165) is 10.0 Å². The Labute approximate surface area is 126 Å². The lowest BCUT2D eigenvalue weighted by Gasteiger charge is -2.34. The van der Waals surface area contributed by atoms with Gasteiger partial charge >= 0.3 is 0 Å². The zero-order chi connectivity index (χ0) is 14.7. The van der Waals surface area contributed by atoms with E-state index in [9.17, 15) is 9.59 Å². The van der Waals surface area contributed by atoms with E-state index >= 15 is 0 Å². The minimum atomic E-state index is -0.570. The van der Waals surface area contributed by atoms with Crippen molar-refractivity contribution in [2.45, 2.75) is 13.0 Å². The standard InChI is InChI=1S/C14H17BrN2O3/c1-9-10(4-3-5-11(9)15)14(19)17-6-7-20-8-12(17)13(18)16-2/h3-5,12H,6-8H2,1-2H3,(H,16,18). The number of halogens is 1. The van der Waals surface area contributed by atoms with Crippen LogP contribution in [0.4, 0.5) is 0 Å². The highest BCUT2D eigenvalue weighted by Crippen LogP contribution is 2.22. The lowest BCUT2D eigenvalue weighted by atomic mass is 10.1. The summed E-state index contributed by atoms with van der Waals surface area (Å²) in [7, 11) is 1.56. The summed E-state index contributed by atoms with van der Waals surface area (Å²) in [5.41, 5.74) is 1.48. The summed E-state index contributed by atoms with van der Waals surface area (Å²) in [4.78, 5) is 26.1. The largest absolute Gasteiger partial charge is 0.377 e. The maximum absolute atomic E-state index is 12.7. The molecule has 5 nitrogen and oxygen atoms in total. The summed E-state index contributed by atoms with van der Waals surface area (Å²) in [6, 6.07) is 4.92. The third-order valence-corrected chi connectivity index (χ3v) is 4.30. The molecule has 0 radical (unpaired) electrons. The molecule has 1 heterocycles. The summed E-state index contributed by atoms with van der Waals surface area (Å²) < 4.78 is 6.19. The number of rotatable bonds is 2. The number of likely N-dealkylation sites (N-methyl/N-ethyl adjacent to an activating group) is 1. The Morgan fingerprint density at radius 2 is 2.20 bits per heavy atom. The van der Waals surface area contributed by atoms with Gasteiger partial charge in [0.25, 0.3) is 5.91 Å². The molecule has 1 aliphatic heterocycles. The second kappa shape index (κ2) is 6.37. The van der Waals surface area contributed by atoms with Crippen molar-refractivity contribution in [1.82, 2.24) is 10.2 Å². The third kappa shape index (κ3) is 2.86. The molecule has 1 atom stereocenters. The molecule has 0 spiro atoms. The van der Waals surface area contributed by atoms with Crippen molar-refractivity contribution in [2.24, 2.45) is 0 Å². The van der Waals surface area contributed by atoms with E-state index in [1.165, 1.54) is 0 Å². The van der Waals surface area contributed by atoms with Crippen LogP contribution in [0.15, 0.2) is 22.7 Å². The van der Waals surface area contributed by atoms with Crippen molar-refractivity contribution >= 4 is 27.7 Å². The van der Waals surface area contributed by atoms with Gasteiger partial charge in [-0.05, 0) is 24.6 Å². The summed E-state index contributed by atoms with van der Waals surface area (Å²) in [5.74, 6) is -0.341. The fourth-order valence-corrected chi connectivity index (χ4v) is 2.59. The van der Waals surface area contributed by atoms with E-state index < -0.39 is 6.04 Å².